The monoisotopic (exact) mass is 487 g/mol. The maximum atomic E-state index is 12.9. The summed E-state index contributed by atoms with van der Waals surface area (Å²) in [7, 11) is 0. The number of alkyl halides is 3. The van der Waals surface area contributed by atoms with Crippen molar-refractivity contribution in [3.8, 4) is 0 Å². The molecule has 1 atom stereocenters. The number of aromatic nitrogens is 2. The lowest BCUT2D eigenvalue weighted by Gasteiger charge is -2.17. The first-order chi connectivity index (χ1) is 16.6. The van der Waals surface area contributed by atoms with E-state index in [-0.39, 0.29) is 16.8 Å². The molecular formula is C25H24F3N3O4. The summed E-state index contributed by atoms with van der Waals surface area (Å²) >= 11 is 0. The van der Waals surface area contributed by atoms with Crippen molar-refractivity contribution in [2.75, 3.05) is 5.32 Å². The van der Waals surface area contributed by atoms with E-state index in [2.05, 4.69) is 10.3 Å². The minimum atomic E-state index is -4.48. The van der Waals surface area contributed by atoms with Gasteiger partial charge in [0.1, 0.15) is 5.82 Å². The van der Waals surface area contributed by atoms with Gasteiger partial charge < -0.3 is 10.1 Å². The van der Waals surface area contributed by atoms with Gasteiger partial charge in [0.2, 0.25) is 0 Å². The van der Waals surface area contributed by atoms with Crippen LogP contribution in [0.3, 0.4) is 0 Å². The van der Waals surface area contributed by atoms with Crippen LogP contribution in [0.1, 0.15) is 54.4 Å². The van der Waals surface area contributed by atoms with E-state index in [9.17, 15) is 27.6 Å². The molecule has 0 radical (unpaired) electrons. The van der Waals surface area contributed by atoms with Crippen LogP contribution < -0.4 is 10.9 Å². The first kappa shape index (κ1) is 24.4. The Bertz CT molecular complexity index is 1320. The molecule has 184 valence electrons. The van der Waals surface area contributed by atoms with Gasteiger partial charge in [0, 0.05) is 18.7 Å². The van der Waals surface area contributed by atoms with Crippen LogP contribution in [0.15, 0.2) is 47.3 Å². The second kappa shape index (κ2) is 9.89. The summed E-state index contributed by atoms with van der Waals surface area (Å²) in [6.45, 7) is 1.97. The molecule has 1 unspecified atom stereocenters. The summed E-state index contributed by atoms with van der Waals surface area (Å²) in [5, 5.41) is 2.82. The SMILES string of the molecule is CC(OC(=O)c1ccc2c(=O)n3c(nc2c1)CCCCCC3)C(=O)Nc1ccc(C(F)(F)F)cc1. The number of carbonyl (C=O) groups is 2. The predicted octanol–water partition coefficient (Wildman–Crippen LogP) is 4.72. The number of halogens is 3. The molecule has 35 heavy (non-hydrogen) atoms. The van der Waals surface area contributed by atoms with Crippen molar-refractivity contribution in [2.24, 2.45) is 0 Å². The minimum absolute atomic E-state index is 0.134. The van der Waals surface area contributed by atoms with Crippen LogP contribution in [-0.4, -0.2) is 27.5 Å². The molecular weight excluding hydrogens is 463 g/mol. The van der Waals surface area contributed by atoms with Crippen LogP contribution in [0.4, 0.5) is 18.9 Å². The average molecular weight is 487 g/mol. The number of hydrogen-bond donors (Lipinski definition) is 1. The second-order valence-electron chi connectivity index (χ2n) is 8.49. The Hall–Kier alpha value is -3.69. The number of rotatable bonds is 4. The highest BCUT2D eigenvalue weighted by molar-refractivity contribution is 5.98. The van der Waals surface area contributed by atoms with E-state index in [0.717, 1.165) is 49.9 Å². The summed E-state index contributed by atoms with van der Waals surface area (Å²) in [5.41, 5.74) is -0.326. The molecule has 0 fully saturated rings. The Morgan fingerprint density at radius 2 is 1.77 bits per heavy atom. The molecule has 10 heteroatoms. The third-order valence-electron chi connectivity index (χ3n) is 5.93. The van der Waals surface area contributed by atoms with Crippen molar-refractivity contribution in [3.05, 3.63) is 69.8 Å². The standard InChI is InChI=1S/C25H24F3N3O4/c1-15(22(32)29-18-10-8-17(9-11-18)25(26,27)28)35-24(34)16-7-12-19-20(14-16)30-21-6-4-2-3-5-13-31(21)23(19)33/h7-12,14-15H,2-6,13H2,1H3,(H,29,32). The molecule has 0 spiro atoms. The maximum absolute atomic E-state index is 12.9. The molecule has 7 nitrogen and oxygen atoms in total. The Labute approximate surface area is 198 Å². The summed E-state index contributed by atoms with van der Waals surface area (Å²) < 4.78 is 45.0. The fourth-order valence-corrected chi connectivity index (χ4v) is 3.99. The van der Waals surface area contributed by atoms with Crippen molar-refractivity contribution in [1.29, 1.82) is 0 Å². The second-order valence-corrected chi connectivity index (χ2v) is 8.49. The highest BCUT2D eigenvalue weighted by atomic mass is 19.4. The number of anilines is 1. The number of fused-ring (bicyclic) bond motifs is 2. The van der Waals surface area contributed by atoms with E-state index in [1.165, 1.54) is 25.1 Å². The number of amides is 1. The number of nitrogens with zero attached hydrogens (tertiary/aromatic N) is 2. The minimum Gasteiger partial charge on any atom is -0.449 e. The van der Waals surface area contributed by atoms with E-state index in [4.69, 9.17) is 4.74 Å². The predicted molar refractivity (Wildman–Crippen MR) is 123 cm³/mol. The zero-order chi connectivity index (χ0) is 25.2. The lowest BCUT2D eigenvalue weighted by Crippen LogP contribution is -2.30. The zero-order valence-corrected chi connectivity index (χ0v) is 19.0. The van der Waals surface area contributed by atoms with Crippen LogP contribution in [0.25, 0.3) is 10.9 Å². The van der Waals surface area contributed by atoms with Gasteiger partial charge in [-0.3, -0.25) is 14.2 Å². The van der Waals surface area contributed by atoms with Gasteiger partial charge in [0.05, 0.1) is 22.0 Å². The Morgan fingerprint density at radius 3 is 2.49 bits per heavy atom. The van der Waals surface area contributed by atoms with Gasteiger partial charge in [-0.15, -0.1) is 0 Å². The maximum Gasteiger partial charge on any atom is 0.416 e. The first-order valence-electron chi connectivity index (χ1n) is 11.4. The normalized spacial score (nSPS) is 15.0. The zero-order valence-electron chi connectivity index (χ0n) is 19.0. The Balaban J connectivity index is 1.47. The molecule has 3 aromatic rings. The lowest BCUT2D eigenvalue weighted by molar-refractivity contribution is -0.137. The van der Waals surface area contributed by atoms with Crippen molar-refractivity contribution in [1.82, 2.24) is 9.55 Å². The van der Waals surface area contributed by atoms with Gasteiger partial charge >= 0.3 is 12.1 Å². The smallest absolute Gasteiger partial charge is 0.416 e. The third-order valence-corrected chi connectivity index (χ3v) is 5.93. The highest BCUT2D eigenvalue weighted by Crippen LogP contribution is 2.29. The number of carbonyl (C=O) groups excluding carboxylic acids is 2. The lowest BCUT2D eigenvalue weighted by atomic mass is 10.1. The van der Waals surface area contributed by atoms with Crippen LogP contribution in [0.2, 0.25) is 0 Å². The molecule has 1 N–H and O–H groups in total. The summed E-state index contributed by atoms with van der Waals surface area (Å²) in [6, 6.07) is 8.38. The van der Waals surface area contributed by atoms with Crippen molar-refractivity contribution >= 4 is 28.5 Å². The van der Waals surface area contributed by atoms with E-state index in [1.807, 2.05) is 0 Å². The molecule has 2 aromatic carbocycles. The fourth-order valence-electron chi connectivity index (χ4n) is 3.99. The van der Waals surface area contributed by atoms with E-state index >= 15 is 0 Å². The van der Waals surface area contributed by atoms with Crippen LogP contribution in [0.5, 0.6) is 0 Å². The number of ether oxygens (including phenoxy) is 1. The number of nitrogens with one attached hydrogen (secondary N) is 1. The van der Waals surface area contributed by atoms with Gasteiger partial charge in [0.25, 0.3) is 11.5 Å². The molecule has 1 aromatic heterocycles. The molecule has 0 aliphatic carbocycles. The van der Waals surface area contributed by atoms with Crippen molar-refractivity contribution in [2.45, 2.75) is 57.9 Å². The van der Waals surface area contributed by atoms with Gasteiger partial charge in [-0.2, -0.15) is 13.2 Å². The largest absolute Gasteiger partial charge is 0.449 e. The number of esters is 1. The van der Waals surface area contributed by atoms with Crippen molar-refractivity contribution < 1.29 is 27.5 Å². The number of hydrogen-bond acceptors (Lipinski definition) is 5. The quantitative estimate of drug-likeness (QED) is 0.538. The van der Waals surface area contributed by atoms with Crippen LogP contribution in [0, 0.1) is 0 Å². The number of benzene rings is 2. The Morgan fingerprint density at radius 1 is 1.06 bits per heavy atom. The summed E-state index contributed by atoms with van der Waals surface area (Å²) in [4.78, 5) is 42.6. The molecule has 0 saturated heterocycles. The van der Waals surface area contributed by atoms with Crippen molar-refractivity contribution in [3.63, 3.8) is 0 Å². The van der Waals surface area contributed by atoms with E-state index < -0.39 is 29.7 Å². The van der Waals surface area contributed by atoms with Crippen LogP contribution >= 0.6 is 0 Å². The van der Waals surface area contributed by atoms with Gasteiger partial charge in [0.15, 0.2) is 6.10 Å². The summed E-state index contributed by atoms with van der Waals surface area (Å²) in [6.07, 6.45) is -1.02. The molecule has 1 aliphatic heterocycles. The van der Waals surface area contributed by atoms with E-state index in [0.29, 0.717) is 29.7 Å². The van der Waals surface area contributed by atoms with Gasteiger partial charge in [-0.05, 0) is 62.2 Å². The number of aryl methyl sites for hydroxylation is 1. The van der Waals surface area contributed by atoms with Gasteiger partial charge in [-0.25, -0.2) is 9.78 Å². The Kier molecular flexibility index (Phi) is 6.90. The molecule has 1 amide bonds. The van der Waals surface area contributed by atoms with Gasteiger partial charge in [-0.1, -0.05) is 12.8 Å². The molecule has 1 aliphatic rings. The molecule has 0 bridgehead atoms. The third kappa shape index (κ3) is 5.52. The molecule has 2 heterocycles. The van der Waals surface area contributed by atoms with E-state index in [1.54, 1.807) is 4.57 Å². The highest BCUT2D eigenvalue weighted by Gasteiger charge is 2.30. The summed E-state index contributed by atoms with van der Waals surface area (Å²) in [5.74, 6) is -0.788. The molecule has 4 rings (SSSR count). The average Bonchev–Trinajstić information content (AvgIpc) is 2.79. The van der Waals surface area contributed by atoms with Crippen LogP contribution in [-0.2, 0) is 28.7 Å². The fraction of sp³-hybridized carbons (Fsp3) is 0.360. The topological polar surface area (TPSA) is 90.3 Å². The first-order valence-corrected chi connectivity index (χ1v) is 11.4. The molecule has 0 saturated carbocycles.